The summed E-state index contributed by atoms with van der Waals surface area (Å²) in [5.74, 6) is 0.303. The molecule has 0 saturated heterocycles. The molecule has 0 aromatic heterocycles. The molecule has 6 heteroatoms. The molecule has 176 valence electrons. The molecule has 0 radical (unpaired) electrons. The minimum absolute atomic E-state index is 0.0838. The number of ether oxygens (including phenoxy) is 1. The van der Waals surface area contributed by atoms with Crippen molar-refractivity contribution in [2.45, 2.75) is 50.9 Å². The molecule has 2 aromatic carbocycles. The molecule has 0 spiro atoms. The number of hydrogen-bond donors (Lipinski definition) is 1. The minimum Gasteiger partial charge on any atom is -0.504 e. The third-order valence-corrected chi connectivity index (χ3v) is 7.98. The number of methoxy groups -OCH3 is 1. The number of phenolic OH excluding ortho intramolecular Hbond substituents is 1. The van der Waals surface area contributed by atoms with Gasteiger partial charge in [0.2, 0.25) is 0 Å². The summed E-state index contributed by atoms with van der Waals surface area (Å²) in [5, 5.41) is 10.4. The first-order valence-electron chi connectivity index (χ1n) is 11.9. The summed E-state index contributed by atoms with van der Waals surface area (Å²) >= 11 is 2.08. The van der Waals surface area contributed by atoms with Gasteiger partial charge < -0.3 is 14.7 Å². The quantitative estimate of drug-likeness (QED) is 0.471. The monoisotopic (exact) mass is 569 g/mol. The van der Waals surface area contributed by atoms with Crippen molar-refractivity contribution in [3.63, 3.8) is 0 Å². The van der Waals surface area contributed by atoms with Gasteiger partial charge in [0, 0.05) is 47.8 Å². The SMILES string of the molecule is COc1cc(C2C3=C(CCCC3=O)N(CCc3ccccc3)C3=C2C(=O)CCC3)cc(I)c1O. The Labute approximate surface area is 213 Å². The lowest BCUT2D eigenvalue weighted by atomic mass is 9.71. The first-order valence-corrected chi connectivity index (χ1v) is 13.0. The third-order valence-electron chi connectivity index (χ3n) is 7.16. The molecule has 0 saturated carbocycles. The molecule has 5 nitrogen and oxygen atoms in total. The van der Waals surface area contributed by atoms with Gasteiger partial charge in [-0.15, -0.1) is 0 Å². The third kappa shape index (κ3) is 4.06. The fraction of sp³-hybridized carbons (Fsp3) is 0.357. The van der Waals surface area contributed by atoms with E-state index in [1.165, 1.54) is 12.7 Å². The van der Waals surface area contributed by atoms with E-state index in [0.717, 1.165) is 66.8 Å². The smallest absolute Gasteiger partial charge is 0.171 e. The second kappa shape index (κ2) is 9.56. The van der Waals surface area contributed by atoms with Crippen LogP contribution in [0.1, 0.15) is 55.6 Å². The van der Waals surface area contributed by atoms with Crippen molar-refractivity contribution in [1.82, 2.24) is 4.90 Å². The number of nitrogens with zero attached hydrogens (tertiary/aromatic N) is 1. The Hall–Kier alpha value is -2.61. The van der Waals surface area contributed by atoms with Crippen LogP contribution in [0.15, 0.2) is 65.0 Å². The summed E-state index contributed by atoms with van der Waals surface area (Å²) in [7, 11) is 1.52. The summed E-state index contributed by atoms with van der Waals surface area (Å²) in [6.45, 7) is 0.755. The predicted molar refractivity (Wildman–Crippen MR) is 139 cm³/mol. The van der Waals surface area contributed by atoms with Gasteiger partial charge in [0.25, 0.3) is 0 Å². The number of aromatic hydroxyl groups is 1. The number of ketones is 2. The molecule has 0 fully saturated rings. The molecule has 1 N–H and O–H groups in total. The number of Topliss-reactive ketones (excluding diaryl/α,β-unsaturated/α-hetero) is 2. The standard InChI is InChI=1S/C28H28INO4/c1-34-24-16-18(15-19(29)28(24)33)25-26-20(9-5-11-22(26)31)30(14-13-17-7-3-2-4-8-17)21-10-6-12-23(32)27(21)25/h2-4,7-8,15-16,25,33H,5-6,9-14H2,1H3. The first-order chi connectivity index (χ1) is 16.5. The van der Waals surface area contributed by atoms with Gasteiger partial charge >= 0.3 is 0 Å². The molecule has 0 unspecified atom stereocenters. The Morgan fingerprint density at radius 1 is 0.971 bits per heavy atom. The Morgan fingerprint density at radius 3 is 2.18 bits per heavy atom. The lowest BCUT2D eigenvalue weighted by Crippen LogP contribution is -2.40. The van der Waals surface area contributed by atoms with Crippen LogP contribution >= 0.6 is 22.6 Å². The lowest BCUT2D eigenvalue weighted by molar-refractivity contribution is -0.117. The van der Waals surface area contributed by atoms with Crippen LogP contribution in [0.5, 0.6) is 11.5 Å². The lowest BCUT2D eigenvalue weighted by Gasteiger charge is -2.44. The van der Waals surface area contributed by atoms with Crippen molar-refractivity contribution in [2.75, 3.05) is 13.7 Å². The minimum atomic E-state index is -0.401. The van der Waals surface area contributed by atoms with Gasteiger partial charge in [0.15, 0.2) is 23.1 Å². The molecule has 3 aliphatic rings. The van der Waals surface area contributed by atoms with Crippen molar-refractivity contribution in [3.8, 4) is 11.5 Å². The number of carbonyl (C=O) groups is 2. The predicted octanol–water partition coefficient (Wildman–Crippen LogP) is 5.66. The zero-order chi connectivity index (χ0) is 23.8. The first kappa shape index (κ1) is 23.1. The second-order valence-electron chi connectivity index (χ2n) is 9.15. The van der Waals surface area contributed by atoms with Crippen molar-refractivity contribution < 1.29 is 19.4 Å². The fourth-order valence-electron chi connectivity index (χ4n) is 5.62. The number of carbonyl (C=O) groups excluding carboxylic acids is 2. The topological polar surface area (TPSA) is 66.8 Å². The maximum absolute atomic E-state index is 13.4. The van der Waals surface area contributed by atoms with Crippen LogP contribution < -0.4 is 4.74 Å². The van der Waals surface area contributed by atoms with Crippen LogP contribution in [0.2, 0.25) is 0 Å². The maximum atomic E-state index is 13.4. The molecular weight excluding hydrogens is 541 g/mol. The summed E-state index contributed by atoms with van der Waals surface area (Å²) in [4.78, 5) is 29.1. The van der Waals surface area contributed by atoms with Crippen LogP contribution in [-0.4, -0.2) is 35.2 Å². The number of hydrogen-bond acceptors (Lipinski definition) is 5. The van der Waals surface area contributed by atoms with Crippen molar-refractivity contribution in [2.24, 2.45) is 0 Å². The van der Waals surface area contributed by atoms with Crippen molar-refractivity contribution >= 4 is 34.2 Å². The number of phenols is 1. The number of halogens is 1. The summed E-state index contributed by atoms with van der Waals surface area (Å²) in [6.07, 6.45) is 5.20. The Kier molecular flexibility index (Phi) is 6.51. The van der Waals surface area contributed by atoms with E-state index in [-0.39, 0.29) is 17.3 Å². The molecule has 2 aromatic rings. The van der Waals surface area contributed by atoms with Crippen LogP contribution in [0.25, 0.3) is 0 Å². The summed E-state index contributed by atoms with van der Waals surface area (Å²) < 4.78 is 6.07. The van der Waals surface area contributed by atoms with Crippen LogP contribution in [0.3, 0.4) is 0 Å². The average Bonchev–Trinajstić information content (AvgIpc) is 2.85. The molecule has 1 heterocycles. The highest BCUT2D eigenvalue weighted by Crippen LogP contribution is 2.50. The van der Waals surface area contributed by atoms with E-state index in [1.54, 1.807) is 6.07 Å². The van der Waals surface area contributed by atoms with E-state index in [2.05, 4.69) is 39.6 Å². The highest BCUT2D eigenvalue weighted by atomic mass is 127. The maximum Gasteiger partial charge on any atom is 0.171 e. The molecular formula is C28H28INO4. The second-order valence-corrected chi connectivity index (χ2v) is 10.3. The largest absolute Gasteiger partial charge is 0.504 e. The van der Waals surface area contributed by atoms with Crippen molar-refractivity contribution in [1.29, 1.82) is 0 Å². The summed E-state index contributed by atoms with van der Waals surface area (Å²) in [5.41, 5.74) is 5.76. The van der Waals surface area contributed by atoms with Gasteiger partial charge in [-0.1, -0.05) is 30.3 Å². The molecule has 5 rings (SSSR count). The van der Waals surface area contributed by atoms with Gasteiger partial charge in [-0.05, 0) is 78.0 Å². The average molecular weight is 569 g/mol. The number of benzene rings is 2. The molecule has 0 bridgehead atoms. The van der Waals surface area contributed by atoms with Crippen LogP contribution in [-0.2, 0) is 16.0 Å². The van der Waals surface area contributed by atoms with E-state index >= 15 is 0 Å². The molecule has 0 atom stereocenters. The normalized spacial score (nSPS) is 18.8. The zero-order valence-electron chi connectivity index (χ0n) is 19.3. The van der Waals surface area contributed by atoms with Crippen LogP contribution in [0, 0.1) is 3.57 Å². The van der Waals surface area contributed by atoms with Gasteiger partial charge in [-0.25, -0.2) is 0 Å². The van der Waals surface area contributed by atoms with Gasteiger partial charge in [-0.3, -0.25) is 9.59 Å². The molecule has 0 amide bonds. The van der Waals surface area contributed by atoms with Crippen molar-refractivity contribution in [3.05, 3.63) is 79.7 Å². The molecule has 2 aliphatic carbocycles. The van der Waals surface area contributed by atoms with E-state index in [0.29, 0.717) is 22.2 Å². The highest BCUT2D eigenvalue weighted by Gasteiger charge is 2.43. The summed E-state index contributed by atoms with van der Waals surface area (Å²) in [6, 6.07) is 14.0. The highest BCUT2D eigenvalue weighted by molar-refractivity contribution is 14.1. The van der Waals surface area contributed by atoms with E-state index in [1.807, 2.05) is 24.3 Å². The van der Waals surface area contributed by atoms with Gasteiger partial charge in [0.05, 0.1) is 10.7 Å². The van der Waals surface area contributed by atoms with E-state index in [4.69, 9.17) is 4.74 Å². The van der Waals surface area contributed by atoms with E-state index < -0.39 is 5.92 Å². The number of allylic oxidation sites excluding steroid dienone is 4. The Bertz CT molecular complexity index is 1170. The molecule has 34 heavy (non-hydrogen) atoms. The molecule has 1 aliphatic heterocycles. The fourth-order valence-corrected chi connectivity index (χ4v) is 6.25. The van der Waals surface area contributed by atoms with E-state index in [9.17, 15) is 14.7 Å². The Balaban J connectivity index is 1.66. The Morgan fingerprint density at radius 2 is 1.59 bits per heavy atom. The number of rotatable bonds is 5. The van der Waals surface area contributed by atoms with Gasteiger partial charge in [-0.2, -0.15) is 0 Å². The van der Waals surface area contributed by atoms with Gasteiger partial charge in [0.1, 0.15) is 0 Å². The zero-order valence-corrected chi connectivity index (χ0v) is 21.4. The van der Waals surface area contributed by atoms with Crippen LogP contribution in [0.4, 0.5) is 0 Å².